The summed E-state index contributed by atoms with van der Waals surface area (Å²) in [5, 5.41) is 2.60. The number of hydrogen-bond acceptors (Lipinski definition) is 5. The van der Waals surface area contributed by atoms with Gasteiger partial charge in [-0.1, -0.05) is 0 Å². The van der Waals surface area contributed by atoms with Crippen molar-refractivity contribution in [2.45, 2.75) is 43.5 Å². The molecule has 0 unspecified atom stereocenters. The van der Waals surface area contributed by atoms with Gasteiger partial charge in [0.2, 0.25) is 21.8 Å². The maximum Gasteiger partial charge on any atom is 0.243 e. The number of carbonyl (C=O) groups excluding carboxylic acids is 2. The van der Waals surface area contributed by atoms with Crippen LogP contribution in [-0.2, 0) is 19.6 Å². The van der Waals surface area contributed by atoms with E-state index in [2.05, 4.69) is 10.2 Å². The average molecular weight is 423 g/mol. The Morgan fingerprint density at radius 1 is 1.07 bits per heavy atom. The van der Waals surface area contributed by atoms with Crippen molar-refractivity contribution in [3.63, 3.8) is 0 Å². The number of rotatable bonds is 6. The van der Waals surface area contributed by atoms with E-state index in [1.807, 2.05) is 0 Å². The van der Waals surface area contributed by atoms with Gasteiger partial charge in [0.1, 0.15) is 0 Å². The standard InChI is InChI=1S/C20H30N4O4S/c1-16(25)21-17-5-7-19(8-6-17)29(27,28)22(2)15-20(26)24-13-9-18(10-14-24)23-11-3-4-12-23/h5-8,18H,3-4,9-15H2,1-2H3,(H,21,25). The maximum atomic E-state index is 12.8. The number of carbonyl (C=O) groups is 2. The summed E-state index contributed by atoms with van der Waals surface area (Å²) in [5.41, 5.74) is 0.524. The first-order chi connectivity index (χ1) is 13.8. The van der Waals surface area contributed by atoms with Crippen LogP contribution in [0.4, 0.5) is 5.69 Å². The fraction of sp³-hybridized carbons (Fsp3) is 0.600. The summed E-state index contributed by atoms with van der Waals surface area (Å²) in [7, 11) is -2.35. The molecule has 9 heteroatoms. The zero-order chi connectivity index (χ0) is 21.0. The van der Waals surface area contributed by atoms with Crippen LogP contribution in [0, 0.1) is 0 Å². The summed E-state index contributed by atoms with van der Waals surface area (Å²) >= 11 is 0. The number of amides is 2. The molecule has 2 aliphatic heterocycles. The number of benzene rings is 1. The molecule has 1 N–H and O–H groups in total. The summed E-state index contributed by atoms with van der Waals surface area (Å²) in [6.45, 7) is 4.88. The number of hydrogen-bond donors (Lipinski definition) is 1. The van der Waals surface area contributed by atoms with Crippen molar-refractivity contribution in [3.05, 3.63) is 24.3 Å². The van der Waals surface area contributed by atoms with Crippen LogP contribution in [0.25, 0.3) is 0 Å². The third-order valence-corrected chi connectivity index (χ3v) is 7.53. The highest BCUT2D eigenvalue weighted by Crippen LogP contribution is 2.22. The van der Waals surface area contributed by atoms with E-state index in [9.17, 15) is 18.0 Å². The monoisotopic (exact) mass is 422 g/mol. The molecule has 0 bridgehead atoms. The Labute approximate surface area is 172 Å². The average Bonchev–Trinajstić information content (AvgIpc) is 3.23. The molecular formula is C20H30N4O4S. The Balaban J connectivity index is 1.55. The van der Waals surface area contributed by atoms with Crippen molar-refractivity contribution >= 4 is 27.5 Å². The van der Waals surface area contributed by atoms with Crippen LogP contribution in [0.1, 0.15) is 32.6 Å². The Morgan fingerprint density at radius 2 is 1.66 bits per heavy atom. The first-order valence-corrected chi connectivity index (χ1v) is 11.6. The number of piperidine rings is 1. The summed E-state index contributed by atoms with van der Waals surface area (Å²) < 4.78 is 26.6. The van der Waals surface area contributed by atoms with Gasteiger partial charge in [-0.3, -0.25) is 9.59 Å². The molecule has 29 heavy (non-hydrogen) atoms. The van der Waals surface area contributed by atoms with Crippen LogP contribution >= 0.6 is 0 Å². The van der Waals surface area contributed by atoms with Gasteiger partial charge in [0, 0.05) is 38.8 Å². The summed E-state index contributed by atoms with van der Waals surface area (Å²) in [4.78, 5) is 28.1. The fourth-order valence-electron chi connectivity index (χ4n) is 4.06. The molecule has 2 aliphatic rings. The van der Waals surface area contributed by atoms with Gasteiger partial charge in [-0.15, -0.1) is 0 Å². The molecule has 2 fully saturated rings. The summed E-state index contributed by atoms with van der Waals surface area (Å²) in [6.07, 6.45) is 4.42. The van der Waals surface area contributed by atoms with E-state index in [4.69, 9.17) is 0 Å². The fourth-order valence-corrected chi connectivity index (χ4v) is 5.18. The molecule has 160 valence electrons. The van der Waals surface area contributed by atoms with Crippen molar-refractivity contribution in [2.24, 2.45) is 0 Å². The topological polar surface area (TPSA) is 90.0 Å². The second-order valence-electron chi connectivity index (χ2n) is 7.82. The van der Waals surface area contributed by atoms with E-state index in [1.54, 1.807) is 4.90 Å². The van der Waals surface area contributed by atoms with Crippen molar-refractivity contribution in [2.75, 3.05) is 45.1 Å². The molecule has 2 heterocycles. The third-order valence-electron chi connectivity index (χ3n) is 5.72. The second-order valence-corrected chi connectivity index (χ2v) is 9.87. The Hall–Kier alpha value is -1.97. The molecule has 0 radical (unpaired) electrons. The lowest BCUT2D eigenvalue weighted by Crippen LogP contribution is -2.48. The van der Waals surface area contributed by atoms with Gasteiger partial charge in [-0.25, -0.2) is 8.42 Å². The summed E-state index contributed by atoms with van der Waals surface area (Å²) in [6, 6.07) is 6.48. The number of likely N-dealkylation sites (tertiary alicyclic amines) is 2. The second kappa shape index (κ2) is 9.23. The molecular weight excluding hydrogens is 392 g/mol. The van der Waals surface area contributed by atoms with E-state index in [-0.39, 0.29) is 23.3 Å². The molecule has 0 spiro atoms. The van der Waals surface area contributed by atoms with Crippen LogP contribution in [0.5, 0.6) is 0 Å². The highest BCUT2D eigenvalue weighted by atomic mass is 32.2. The number of sulfonamides is 1. The lowest BCUT2D eigenvalue weighted by Gasteiger charge is -2.37. The molecule has 1 aromatic carbocycles. The van der Waals surface area contributed by atoms with E-state index < -0.39 is 10.0 Å². The van der Waals surface area contributed by atoms with E-state index >= 15 is 0 Å². The van der Waals surface area contributed by atoms with Crippen LogP contribution in [-0.4, -0.2) is 80.2 Å². The molecule has 1 aromatic rings. The predicted molar refractivity (Wildman–Crippen MR) is 111 cm³/mol. The van der Waals surface area contributed by atoms with Gasteiger partial charge in [0.05, 0.1) is 11.4 Å². The van der Waals surface area contributed by atoms with E-state index in [0.717, 1.165) is 30.2 Å². The lowest BCUT2D eigenvalue weighted by atomic mass is 10.0. The normalized spacial score (nSPS) is 18.9. The third kappa shape index (κ3) is 5.34. The zero-order valence-corrected chi connectivity index (χ0v) is 18.0. The molecule has 0 saturated carbocycles. The van der Waals surface area contributed by atoms with Crippen LogP contribution < -0.4 is 5.32 Å². The molecule has 2 saturated heterocycles. The number of nitrogens with one attached hydrogen (secondary N) is 1. The van der Waals surface area contributed by atoms with Crippen molar-refractivity contribution in [1.82, 2.24) is 14.1 Å². The van der Waals surface area contributed by atoms with Gasteiger partial charge in [-0.05, 0) is 63.0 Å². The minimum Gasteiger partial charge on any atom is -0.341 e. The van der Waals surface area contributed by atoms with Gasteiger partial charge in [0.25, 0.3) is 0 Å². The Morgan fingerprint density at radius 3 is 2.21 bits per heavy atom. The van der Waals surface area contributed by atoms with Crippen molar-refractivity contribution in [1.29, 1.82) is 0 Å². The minimum absolute atomic E-state index is 0.0923. The number of nitrogens with zero attached hydrogens (tertiary/aromatic N) is 3. The molecule has 0 aliphatic carbocycles. The maximum absolute atomic E-state index is 12.8. The highest BCUT2D eigenvalue weighted by molar-refractivity contribution is 7.89. The Kier molecular flexibility index (Phi) is 6.92. The summed E-state index contributed by atoms with van der Waals surface area (Å²) in [5.74, 6) is -0.386. The first-order valence-electron chi connectivity index (χ1n) is 10.1. The van der Waals surface area contributed by atoms with Gasteiger partial charge < -0.3 is 15.1 Å². The largest absolute Gasteiger partial charge is 0.341 e. The van der Waals surface area contributed by atoms with E-state index in [1.165, 1.54) is 51.1 Å². The lowest BCUT2D eigenvalue weighted by molar-refractivity contribution is -0.132. The van der Waals surface area contributed by atoms with Gasteiger partial charge >= 0.3 is 0 Å². The molecule has 8 nitrogen and oxygen atoms in total. The van der Waals surface area contributed by atoms with Crippen LogP contribution in [0.15, 0.2) is 29.2 Å². The zero-order valence-electron chi connectivity index (χ0n) is 17.1. The minimum atomic E-state index is -3.78. The molecule has 0 atom stereocenters. The Bertz CT molecular complexity index is 827. The first kappa shape index (κ1) is 21.7. The molecule has 0 aromatic heterocycles. The van der Waals surface area contributed by atoms with Gasteiger partial charge in [0.15, 0.2) is 0 Å². The highest BCUT2D eigenvalue weighted by Gasteiger charge is 2.30. The number of anilines is 1. The number of likely N-dealkylation sites (N-methyl/N-ethyl adjacent to an activating group) is 1. The SMILES string of the molecule is CC(=O)Nc1ccc(S(=O)(=O)N(C)CC(=O)N2CCC(N3CCCC3)CC2)cc1. The van der Waals surface area contributed by atoms with E-state index in [0.29, 0.717) is 24.8 Å². The van der Waals surface area contributed by atoms with Crippen LogP contribution in [0.3, 0.4) is 0 Å². The quantitative estimate of drug-likeness (QED) is 0.748. The predicted octanol–water partition coefficient (Wildman–Crippen LogP) is 1.35. The van der Waals surface area contributed by atoms with Crippen molar-refractivity contribution < 1.29 is 18.0 Å². The molecule has 3 rings (SSSR count). The molecule has 2 amide bonds. The van der Waals surface area contributed by atoms with Crippen LogP contribution in [0.2, 0.25) is 0 Å². The smallest absolute Gasteiger partial charge is 0.243 e. The van der Waals surface area contributed by atoms with Crippen molar-refractivity contribution in [3.8, 4) is 0 Å². The van der Waals surface area contributed by atoms with Gasteiger partial charge in [-0.2, -0.15) is 4.31 Å².